The van der Waals surface area contributed by atoms with Crippen molar-refractivity contribution in [3.63, 3.8) is 0 Å². The number of esters is 1. The van der Waals surface area contributed by atoms with Crippen molar-refractivity contribution < 1.29 is 19.0 Å². The highest BCUT2D eigenvalue weighted by molar-refractivity contribution is 7.98. The Morgan fingerprint density at radius 1 is 0.980 bits per heavy atom. The molecule has 12 heteroatoms. The van der Waals surface area contributed by atoms with E-state index in [4.69, 9.17) is 54.0 Å². The number of hydrogen-bond donors (Lipinski definition) is 0. The lowest BCUT2D eigenvalue weighted by Gasteiger charge is -2.26. The van der Waals surface area contributed by atoms with Crippen molar-refractivity contribution in [2.45, 2.75) is 24.5 Å². The molecular weight excluding hydrogens is 723 g/mol. The third-order valence-electron chi connectivity index (χ3n) is 7.72. The molecule has 4 aromatic carbocycles. The molecule has 1 aliphatic rings. The van der Waals surface area contributed by atoms with Crippen LogP contribution in [-0.4, -0.2) is 30.5 Å². The Labute approximate surface area is 306 Å². The second kappa shape index (κ2) is 15.3. The third-order valence-corrected chi connectivity index (χ3v) is 10.5. The van der Waals surface area contributed by atoms with Gasteiger partial charge in [0.05, 0.1) is 50.6 Å². The number of halogens is 3. The highest BCUT2D eigenvalue weighted by Gasteiger charge is 2.35. The first-order valence-corrected chi connectivity index (χ1v) is 18.3. The maximum Gasteiger partial charge on any atom is 0.338 e. The molecule has 1 aromatic heterocycles. The van der Waals surface area contributed by atoms with E-state index in [1.807, 2.05) is 66.9 Å². The lowest BCUT2D eigenvalue weighted by atomic mass is 9.93. The first-order chi connectivity index (χ1) is 23.7. The van der Waals surface area contributed by atoms with Gasteiger partial charge in [0.1, 0.15) is 6.61 Å². The summed E-state index contributed by atoms with van der Waals surface area (Å²) in [6.45, 7) is 2.10. The minimum Gasteiger partial charge on any atom is -0.493 e. The molecule has 0 saturated carbocycles. The summed E-state index contributed by atoms with van der Waals surface area (Å²) < 4.78 is 19.2. The minimum atomic E-state index is -0.779. The van der Waals surface area contributed by atoms with Crippen LogP contribution >= 0.6 is 57.9 Å². The summed E-state index contributed by atoms with van der Waals surface area (Å²) in [5.41, 5.74) is 3.34. The summed E-state index contributed by atoms with van der Waals surface area (Å²) in [6, 6.07) is 25.1. The zero-order chi connectivity index (χ0) is 34.7. The Bertz CT molecular complexity index is 2250. The van der Waals surface area contributed by atoms with Gasteiger partial charge in [0.15, 0.2) is 16.3 Å². The SMILES string of the molecule is CCOC(=O)C1=C(c2ccccc2)N=c2s/c(=C\c3cc(Cl)c(OCc4ccc(Cl)c(Cl)c4)c(OC)c3)c(=O)n2[C@H]1c1ccc(SC)cc1. The second-order valence-corrected chi connectivity index (χ2v) is 13.9. The predicted octanol–water partition coefficient (Wildman–Crippen LogP) is 8.21. The van der Waals surface area contributed by atoms with Crippen molar-refractivity contribution in [3.8, 4) is 11.5 Å². The Morgan fingerprint density at radius 3 is 2.41 bits per heavy atom. The fraction of sp³-hybridized carbons (Fsp3) is 0.162. The van der Waals surface area contributed by atoms with Gasteiger partial charge in [-0.1, -0.05) is 94.7 Å². The zero-order valence-electron chi connectivity index (χ0n) is 26.5. The Morgan fingerprint density at radius 2 is 1.73 bits per heavy atom. The topological polar surface area (TPSA) is 79.1 Å². The van der Waals surface area contributed by atoms with Crippen LogP contribution in [0.1, 0.15) is 35.2 Å². The van der Waals surface area contributed by atoms with E-state index in [0.29, 0.717) is 47.2 Å². The normalized spacial score (nSPS) is 14.3. The molecule has 6 rings (SSSR count). The Hall–Kier alpha value is -3.99. The van der Waals surface area contributed by atoms with E-state index < -0.39 is 12.0 Å². The number of aromatic nitrogens is 1. The lowest BCUT2D eigenvalue weighted by molar-refractivity contribution is -0.138. The molecule has 0 aliphatic carbocycles. The van der Waals surface area contributed by atoms with Gasteiger partial charge in [0.2, 0.25) is 0 Å². The lowest BCUT2D eigenvalue weighted by Crippen LogP contribution is -2.40. The van der Waals surface area contributed by atoms with Crippen LogP contribution in [0.15, 0.2) is 105 Å². The number of nitrogens with zero attached hydrogens (tertiary/aromatic N) is 2. The summed E-state index contributed by atoms with van der Waals surface area (Å²) >= 11 is 21.8. The largest absolute Gasteiger partial charge is 0.493 e. The van der Waals surface area contributed by atoms with Crippen molar-refractivity contribution in [1.29, 1.82) is 0 Å². The van der Waals surface area contributed by atoms with Crippen LogP contribution in [0.3, 0.4) is 0 Å². The molecule has 0 N–H and O–H groups in total. The highest BCUT2D eigenvalue weighted by atomic mass is 35.5. The van der Waals surface area contributed by atoms with Crippen LogP contribution in [0.2, 0.25) is 15.1 Å². The van der Waals surface area contributed by atoms with Crippen LogP contribution in [0.25, 0.3) is 11.8 Å². The first kappa shape index (κ1) is 34.9. The summed E-state index contributed by atoms with van der Waals surface area (Å²) in [4.78, 5) is 34.4. The average molecular weight is 752 g/mol. The van der Waals surface area contributed by atoms with Gasteiger partial charge in [0, 0.05) is 10.5 Å². The number of hydrogen-bond acceptors (Lipinski definition) is 8. The second-order valence-electron chi connectivity index (χ2n) is 10.8. The zero-order valence-corrected chi connectivity index (χ0v) is 30.4. The van der Waals surface area contributed by atoms with E-state index >= 15 is 0 Å². The van der Waals surface area contributed by atoms with Gasteiger partial charge < -0.3 is 14.2 Å². The molecule has 0 bridgehead atoms. The molecule has 0 spiro atoms. The maximum absolute atomic E-state index is 14.3. The van der Waals surface area contributed by atoms with Gasteiger partial charge in [-0.2, -0.15) is 0 Å². The van der Waals surface area contributed by atoms with Gasteiger partial charge in [0.25, 0.3) is 5.56 Å². The van der Waals surface area contributed by atoms with Crippen molar-refractivity contribution in [2.75, 3.05) is 20.0 Å². The molecule has 250 valence electrons. The van der Waals surface area contributed by atoms with E-state index in [1.165, 1.54) is 18.4 Å². The monoisotopic (exact) mass is 750 g/mol. The van der Waals surface area contributed by atoms with Crippen molar-refractivity contribution in [1.82, 2.24) is 4.57 Å². The van der Waals surface area contributed by atoms with Crippen LogP contribution in [0, 0.1) is 0 Å². The number of carbonyl (C=O) groups is 1. The number of rotatable bonds is 10. The number of thiazole rings is 1. The van der Waals surface area contributed by atoms with Gasteiger partial charge in [-0.15, -0.1) is 11.8 Å². The number of ether oxygens (including phenoxy) is 3. The molecule has 49 heavy (non-hydrogen) atoms. The molecule has 0 saturated heterocycles. The van der Waals surface area contributed by atoms with Crippen molar-refractivity contribution in [2.24, 2.45) is 4.99 Å². The van der Waals surface area contributed by atoms with E-state index in [2.05, 4.69) is 0 Å². The standard InChI is InChI=1S/C37H29Cl3N2O5S2/c1-4-46-36(44)31-32(23-8-6-5-7-9-23)41-37-42(33(31)24-11-13-25(48-3)14-12-24)35(43)30(49-37)19-22-17-28(40)34(29(18-22)45-2)47-20-21-10-15-26(38)27(39)16-21/h5-19,33H,4,20H2,1-3H3/b30-19-/t33-/m0/s1. The quantitative estimate of drug-likeness (QED) is 0.106. The maximum atomic E-state index is 14.3. The average Bonchev–Trinajstić information content (AvgIpc) is 3.42. The molecule has 2 heterocycles. The van der Waals surface area contributed by atoms with Gasteiger partial charge in [-0.25, -0.2) is 9.79 Å². The van der Waals surface area contributed by atoms with E-state index in [1.54, 1.807) is 53.6 Å². The van der Waals surface area contributed by atoms with Gasteiger partial charge >= 0.3 is 5.97 Å². The highest BCUT2D eigenvalue weighted by Crippen LogP contribution is 2.38. The fourth-order valence-electron chi connectivity index (χ4n) is 5.44. The van der Waals surface area contributed by atoms with Crippen molar-refractivity contribution >= 4 is 75.6 Å². The van der Waals surface area contributed by atoms with E-state index in [-0.39, 0.29) is 24.3 Å². The molecule has 0 radical (unpaired) electrons. The summed E-state index contributed by atoms with van der Waals surface area (Å²) in [7, 11) is 1.51. The number of carbonyl (C=O) groups excluding carboxylic acids is 1. The smallest absolute Gasteiger partial charge is 0.338 e. The molecule has 0 amide bonds. The number of benzene rings is 4. The molecule has 0 unspecified atom stereocenters. The Kier molecular flexibility index (Phi) is 10.9. The molecular formula is C37H29Cl3N2O5S2. The van der Waals surface area contributed by atoms with Crippen LogP contribution in [0.5, 0.6) is 11.5 Å². The third kappa shape index (κ3) is 7.32. The molecule has 5 aromatic rings. The summed E-state index contributed by atoms with van der Waals surface area (Å²) in [5, 5.41) is 1.16. The van der Waals surface area contributed by atoms with E-state index in [0.717, 1.165) is 21.6 Å². The fourth-order valence-corrected chi connectivity index (χ4v) is 7.45. The molecule has 1 aliphatic heterocycles. The molecule has 1 atom stereocenters. The predicted molar refractivity (Wildman–Crippen MR) is 198 cm³/mol. The Balaban J connectivity index is 1.48. The number of fused-ring (bicyclic) bond motifs is 1. The van der Waals surface area contributed by atoms with Gasteiger partial charge in [-0.3, -0.25) is 9.36 Å². The van der Waals surface area contributed by atoms with Crippen LogP contribution in [-0.2, 0) is 16.1 Å². The van der Waals surface area contributed by atoms with E-state index in [9.17, 15) is 9.59 Å². The summed E-state index contributed by atoms with van der Waals surface area (Å²) in [5.74, 6) is 0.190. The minimum absolute atomic E-state index is 0.169. The summed E-state index contributed by atoms with van der Waals surface area (Å²) in [6.07, 6.45) is 3.72. The van der Waals surface area contributed by atoms with Crippen LogP contribution < -0.4 is 24.4 Å². The van der Waals surface area contributed by atoms with Gasteiger partial charge in [-0.05, 0) is 72.3 Å². The molecule has 7 nitrogen and oxygen atoms in total. The molecule has 0 fully saturated rings. The number of methoxy groups -OCH3 is 1. The van der Waals surface area contributed by atoms with Crippen molar-refractivity contribution in [3.05, 3.63) is 148 Å². The number of thioether (sulfide) groups is 1. The first-order valence-electron chi connectivity index (χ1n) is 15.1. The van der Waals surface area contributed by atoms with Crippen LogP contribution in [0.4, 0.5) is 0 Å².